The topological polar surface area (TPSA) is 53.7 Å². The molecule has 1 amide bonds. The number of thiophene rings is 1. The Hall–Kier alpha value is -2.03. The number of furan rings is 1. The molecule has 0 radical (unpaired) electrons. The average molecular weight is 303 g/mol. The third-order valence-electron chi connectivity index (χ3n) is 2.92. The largest absolute Gasteiger partial charge is 0.467 e. The second-order valence-electron chi connectivity index (χ2n) is 4.34. The molecule has 0 unspecified atom stereocenters. The molecule has 0 aliphatic heterocycles. The van der Waals surface area contributed by atoms with Crippen molar-refractivity contribution < 1.29 is 14.3 Å². The van der Waals surface area contributed by atoms with Crippen molar-refractivity contribution in [2.45, 2.75) is 19.9 Å². The van der Waals surface area contributed by atoms with E-state index in [0.29, 0.717) is 24.4 Å². The van der Waals surface area contributed by atoms with Crippen LogP contribution in [-0.2, 0) is 6.54 Å². The van der Waals surface area contributed by atoms with Gasteiger partial charge in [-0.1, -0.05) is 11.8 Å². The molecule has 0 atom stereocenters. The molecule has 0 bridgehead atoms. The fourth-order valence-electron chi connectivity index (χ4n) is 1.85. The van der Waals surface area contributed by atoms with Crippen LogP contribution in [0.2, 0.25) is 0 Å². The summed E-state index contributed by atoms with van der Waals surface area (Å²) in [5, 5.41) is 10.6. The van der Waals surface area contributed by atoms with Crippen molar-refractivity contribution in [3.63, 3.8) is 0 Å². The average Bonchev–Trinajstić information content (AvgIpc) is 3.15. The Balaban J connectivity index is 2.15. The fourth-order valence-corrected chi connectivity index (χ4v) is 2.66. The van der Waals surface area contributed by atoms with Crippen molar-refractivity contribution >= 4 is 17.2 Å². The van der Waals surface area contributed by atoms with Gasteiger partial charge in [0.05, 0.1) is 19.4 Å². The smallest absolute Gasteiger partial charge is 0.265 e. The number of carbonyl (C=O) groups is 1. The third kappa shape index (κ3) is 3.97. The zero-order valence-corrected chi connectivity index (χ0v) is 12.7. The van der Waals surface area contributed by atoms with Crippen LogP contribution >= 0.6 is 11.3 Å². The van der Waals surface area contributed by atoms with Crippen LogP contribution < -0.4 is 0 Å². The summed E-state index contributed by atoms with van der Waals surface area (Å²) < 4.78 is 5.30. The van der Waals surface area contributed by atoms with Gasteiger partial charge in [-0.05, 0) is 30.5 Å². The van der Waals surface area contributed by atoms with E-state index in [-0.39, 0.29) is 12.5 Å². The first-order valence-corrected chi connectivity index (χ1v) is 7.63. The molecule has 0 aromatic carbocycles. The van der Waals surface area contributed by atoms with Gasteiger partial charge < -0.3 is 14.4 Å². The molecule has 2 heterocycles. The minimum Gasteiger partial charge on any atom is -0.467 e. The summed E-state index contributed by atoms with van der Waals surface area (Å²) >= 11 is 1.39. The lowest BCUT2D eigenvalue weighted by Crippen LogP contribution is -2.30. The summed E-state index contributed by atoms with van der Waals surface area (Å²) in [6, 6.07) is 5.50. The van der Waals surface area contributed by atoms with Gasteiger partial charge in [0.25, 0.3) is 5.91 Å². The minimum absolute atomic E-state index is 0.0278. The highest BCUT2D eigenvalue weighted by Crippen LogP contribution is 2.19. The fraction of sp³-hybridized carbons (Fsp3) is 0.312. The number of amides is 1. The van der Waals surface area contributed by atoms with E-state index in [1.165, 1.54) is 11.3 Å². The van der Waals surface area contributed by atoms with Gasteiger partial charge >= 0.3 is 0 Å². The SMILES string of the molecule is CCN(Cc1ccco1)C(=O)c1sccc1C#CCCO. The highest BCUT2D eigenvalue weighted by Gasteiger charge is 2.19. The van der Waals surface area contributed by atoms with Crippen LogP contribution in [0, 0.1) is 11.8 Å². The number of aliphatic hydroxyl groups excluding tert-OH is 1. The lowest BCUT2D eigenvalue weighted by atomic mass is 10.2. The maximum absolute atomic E-state index is 12.6. The zero-order chi connectivity index (χ0) is 15.1. The number of hydrogen-bond donors (Lipinski definition) is 1. The summed E-state index contributed by atoms with van der Waals surface area (Å²) in [5.74, 6) is 6.51. The summed E-state index contributed by atoms with van der Waals surface area (Å²) in [4.78, 5) is 15.0. The molecule has 0 aliphatic rings. The van der Waals surface area contributed by atoms with E-state index in [2.05, 4.69) is 11.8 Å². The van der Waals surface area contributed by atoms with Gasteiger partial charge in [0, 0.05) is 18.5 Å². The predicted molar refractivity (Wildman–Crippen MR) is 82.0 cm³/mol. The maximum atomic E-state index is 12.6. The van der Waals surface area contributed by atoms with E-state index < -0.39 is 0 Å². The van der Waals surface area contributed by atoms with Gasteiger partial charge in [0.2, 0.25) is 0 Å². The van der Waals surface area contributed by atoms with Crippen molar-refractivity contribution in [3.8, 4) is 11.8 Å². The van der Waals surface area contributed by atoms with Gasteiger partial charge in [0.15, 0.2) is 0 Å². The van der Waals surface area contributed by atoms with Crippen molar-refractivity contribution in [2.24, 2.45) is 0 Å². The second-order valence-corrected chi connectivity index (χ2v) is 5.25. The third-order valence-corrected chi connectivity index (χ3v) is 3.82. The van der Waals surface area contributed by atoms with Gasteiger partial charge in [-0.15, -0.1) is 11.3 Å². The quantitative estimate of drug-likeness (QED) is 0.864. The van der Waals surface area contributed by atoms with E-state index in [1.54, 1.807) is 11.2 Å². The lowest BCUT2D eigenvalue weighted by Gasteiger charge is -2.19. The summed E-state index contributed by atoms with van der Waals surface area (Å²) in [7, 11) is 0. The molecule has 2 aromatic heterocycles. The van der Waals surface area contributed by atoms with Crippen molar-refractivity contribution in [1.82, 2.24) is 4.90 Å². The zero-order valence-electron chi connectivity index (χ0n) is 11.8. The van der Waals surface area contributed by atoms with Crippen LogP contribution in [0.3, 0.4) is 0 Å². The number of nitrogens with zero attached hydrogens (tertiary/aromatic N) is 1. The number of carbonyl (C=O) groups excluding carboxylic acids is 1. The molecule has 5 heteroatoms. The number of aliphatic hydroxyl groups is 1. The number of hydrogen-bond acceptors (Lipinski definition) is 4. The lowest BCUT2D eigenvalue weighted by molar-refractivity contribution is 0.0746. The van der Waals surface area contributed by atoms with Gasteiger partial charge in [0.1, 0.15) is 10.6 Å². The Morgan fingerprint density at radius 2 is 2.33 bits per heavy atom. The number of rotatable bonds is 5. The first kappa shape index (κ1) is 15.4. The Kier molecular flexibility index (Phi) is 5.61. The molecule has 21 heavy (non-hydrogen) atoms. The van der Waals surface area contributed by atoms with Crippen LogP contribution in [0.25, 0.3) is 0 Å². The molecule has 2 aromatic rings. The first-order chi connectivity index (χ1) is 10.3. The standard InChI is InChI=1S/C16H17NO3S/c1-2-17(12-14-7-5-10-20-14)16(19)15-13(8-11-21-15)6-3-4-9-18/h5,7-8,10-11,18H,2,4,9,12H2,1H3. The molecule has 4 nitrogen and oxygen atoms in total. The summed E-state index contributed by atoms with van der Waals surface area (Å²) in [6.07, 6.45) is 2.01. The first-order valence-electron chi connectivity index (χ1n) is 6.75. The molecular weight excluding hydrogens is 286 g/mol. The van der Waals surface area contributed by atoms with Crippen molar-refractivity contribution in [1.29, 1.82) is 0 Å². The molecule has 0 saturated heterocycles. The van der Waals surface area contributed by atoms with E-state index in [1.807, 2.05) is 30.5 Å². The molecule has 2 rings (SSSR count). The highest BCUT2D eigenvalue weighted by molar-refractivity contribution is 7.12. The maximum Gasteiger partial charge on any atom is 0.265 e. The summed E-state index contributed by atoms with van der Waals surface area (Å²) in [6.45, 7) is 3.01. The Labute approximate surface area is 128 Å². The van der Waals surface area contributed by atoms with E-state index in [4.69, 9.17) is 9.52 Å². The molecule has 110 valence electrons. The molecule has 0 saturated carbocycles. The minimum atomic E-state index is -0.0443. The van der Waals surface area contributed by atoms with Gasteiger partial charge in [-0.2, -0.15) is 0 Å². The Morgan fingerprint density at radius 1 is 1.48 bits per heavy atom. The van der Waals surface area contributed by atoms with Crippen LogP contribution in [-0.4, -0.2) is 29.1 Å². The van der Waals surface area contributed by atoms with E-state index in [0.717, 1.165) is 11.3 Å². The van der Waals surface area contributed by atoms with Gasteiger partial charge in [-0.25, -0.2) is 0 Å². The Bertz CT molecular complexity index is 634. The van der Waals surface area contributed by atoms with Crippen LogP contribution in [0.4, 0.5) is 0 Å². The highest BCUT2D eigenvalue weighted by atomic mass is 32.1. The Morgan fingerprint density at radius 3 is 3.00 bits per heavy atom. The predicted octanol–water partition coefficient (Wildman–Crippen LogP) is 2.74. The van der Waals surface area contributed by atoms with Crippen LogP contribution in [0.1, 0.15) is 34.3 Å². The second kappa shape index (κ2) is 7.67. The van der Waals surface area contributed by atoms with Crippen molar-refractivity contribution in [2.75, 3.05) is 13.2 Å². The van der Waals surface area contributed by atoms with E-state index in [9.17, 15) is 4.79 Å². The molecule has 1 N–H and O–H groups in total. The van der Waals surface area contributed by atoms with Crippen LogP contribution in [0.5, 0.6) is 0 Å². The van der Waals surface area contributed by atoms with Crippen LogP contribution in [0.15, 0.2) is 34.3 Å². The molecule has 0 fully saturated rings. The van der Waals surface area contributed by atoms with Crippen molar-refractivity contribution in [3.05, 3.63) is 46.0 Å². The molecule has 0 spiro atoms. The molecular formula is C16H17NO3S. The molecule has 0 aliphatic carbocycles. The van der Waals surface area contributed by atoms with E-state index >= 15 is 0 Å². The summed E-state index contributed by atoms with van der Waals surface area (Å²) in [5.41, 5.74) is 0.719. The van der Waals surface area contributed by atoms with Gasteiger partial charge in [-0.3, -0.25) is 4.79 Å². The normalized spacial score (nSPS) is 10.0. The monoisotopic (exact) mass is 303 g/mol.